The molecule has 6 heteroatoms. The molecule has 0 atom stereocenters. The third-order valence-corrected chi connectivity index (χ3v) is 3.28. The number of rotatable bonds is 8. The predicted molar refractivity (Wildman–Crippen MR) is 82.9 cm³/mol. The summed E-state index contributed by atoms with van der Waals surface area (Å²) in [6, 6.07) is 0. The summed E-state index contributed by atoms with van der Waals surface area (Å²) >= 11 is 3.56. The summed E-state index contributed by atoms with van der Waals surface area (Å²) in [5.41, 5.74) is 0. The minimum Gasteiger partial charge on any atom is -0.377 e. The lowest BCUT2D eigenvalue weighted by Gasteiger charge is -2.21. The molecule has 1 aromatic rings. The number of halogens is 1. The third kappa shape index (κ3) is 5.32. The van der Waals surface area contributed by atoms with Crippen molar-refractivity contribution in [1.82, 2.24) is 9.97 Å². The maximum absolute atomic E-state index is 5.55. The number of ether oxygens (including phenoxy) is 1. The van der Waals surface area contributed by atoms with E-state index < -0.39 is 0 Å². The van der Waals surface area contributed by atoms with Crippen molar-refractivity contribution in [1.29, 1.82) is 0 Å². The van der Waals surface area contributed by atoms with Crippen molar-refractivity contribution < 1.29 is 4.74 Å². The molecule has 0 aliphatic carbocycles. The molecule has 0 amide bonds. The average Bonchev–Trinajstić information content (AvgIpc) is 2.37. The number of nitrogens with zero attached hydrogens (tertiary/aromatic N) is 3. The van der Waals surface area contributed by atoms with Crippen LogP contribution in [0.3, 0.4) is 0 Å². The van der Waals surface area contributed by atoms with E-state index in [2.05, 4.69) is 43.0 Å². The van der Waals surface area contributed by atoms with E-state index in [1.165, 1.54) is 0 Å². The molecule has 0 saturated heterocycles. The highest BCUT2D eigenvalue weighted by Crippen LogP contribution is 2.28. The molecule has 0 bridgehead atoms. The van der Waals surface area contributed by atoms with Crippen molar-refractivity contribution in [2.75, 3.05) is 37.0 Å². The van der Waals surface area contributed by atoms with E-state index in [0.29, 0.717) is 6.61 Å². The van der Waals surface area contributed by atoms with Gasteiger partial charge in [-0.2, -0.15) is 0 Å². The molecule has 5 nitrogen and oxygen atoms in total. The molecule has 1 rings (SSSR count). The maximum Gasteiger partial charge on any atom is 0.148 e. The van der Waals surface area contributed by atoms with Crippen LogP contribution in [0.15, 0.2) is 10.8 Å². The molecular weight excluding hydrogens is 308 g/mol. The number of hydrogen-bond acceptors (Lipinski definition) is 5. The van der Waals surface area contributed by atoms with Gasteiger partial charge in [0.05, 0.1) is 12.7 Å². The summed E-state index contributed by atoms with van der Waals surface area (Å²) in [5, 5.41) is 3.28. The predicted octanol–water partition coefficient (Wildman–Crippen LogP) is 2.92. The first-order valence-electron chi connectivity index (χ1n) is 6.63. The van der Waals surface area contributed by atoms with E-state index >= 15 is 0 Å². The van der Waals surface area contributed by atoms with Crippen molar-refractivity contribution in [2.45, 2.75) is 33.3 Å². The van der Waals surface area contributed by atoms with Crippen molar-refractivity contribution in [2.24, 2.45) is 0 Å². The van der Waals surface area contributed by atoms with Crippen molar-refractivity contribution in [3.05, 3.63) is 10.8 Å². The molecule has 0 saturated carbocycles. The molecule has 0 fully saturated rings. The van der Waals surface area contributed by atoms with Gasteiger partial charge in [-0.3, -0.25) is 0 Å². The summed E-state index contributed by atoms with van der Waals surface area (Å²) in [5.74, 6) is 1.71. The van der Waals surface area contributed by atoms with Crippen LogP contribution in [-0.4, -0.2) is 42.8 Å². The van der Waals surface area contributed by atoms with Crippen LogP contribution in [0.2, 0.25) is 0 Å². The lowest BCUT2D eigenvalue weighted by molar-refractivity contribution is 0.0845. The monoisotopic (exact) mass is 330 g/mol. The van der Waals surface area contributed by atoms with Gasteiger partial charge >= 0.3 is 0 Å². The van der Waals surface area contributed by atoms with Gasteiger partial charge in [-0.25, -0.2) is 9.97 Å². The van der Waals surface area contributed by atoms with Gasteiger partial charge in [-0.15, -0.1) is 0 Å². The first-order valence-corrected chi connectivity index (χ1v) is 7.42. The Labute approximate surface area is 123 Å². The van der Waals surface area contributed by atoms with Crippen LogP contribution < -0.4 is 10.2 Å². The largest absolute Gasteiger partial charge is 0.377 e. The Morgan fingerprint density at radius 2 is 2.16 bits per heavy atom. The zero-order chi connectivity index (χ0) is 14.3. The van der Waals surface area contributed by atoms with Crippen LogP contribution in [0, 0.1) is 0 Å². The minimum atomic E-state index is 0.254. The minimum absolute atomic E-state index is 0.254. The summed E-state index contributed by atoms with van der Waals surface area (Å²) < 4.78 is 6.45. The summed E-state index contributed by atoms with van der Waals surface area (Å²) in [6.07, 6.45) is 2.89. The van der Waals surface area contributed by atoms with Crippen LogP contribution in [0.1, 0.15) is 27.2 Å². The second-order valence-electron chi connectivity index (χ2n) is 4.63. The van der Waals surface area contributed by atoms with Crippen LogP contribution >= 0.6 is 15.9 Å². The maximum atomic E-state index is 5.55. The molecule has 19 heavy (non-hydrogen) atoms. The topological polar surface area (TPSA) is 50.3 Å². The van der Waals surface area contributed by atoms with Gasteiger partial charge < -0.3 is 15.0 Å². The van der Waals surface area contributed by atoms with Crippen LogP contribution in [0.4, 0.5) is 11.6 Å². The van der Waals surface area contributed by atoms with Gasteiger partial charge in [0, 0.05) is 20.1 Å². The van der Waals surface area contributed by atoms with Crippen LogP contribution in [-0.2, 0) is 4.74 Å². The lowest BCUT2D eigenvalue weighted by Crippen LogP contribution is -2.25. The van der Waals surface area contributed by atoms with E-state index in [9.17, 15) is 0 Å². The molecule has 108 valence electrons. The number of hydrogen-bond donors (Lipinski definition) is 1. The van der Waals surface area contributed by atoms with Gasteiger partial charge in [0.15, 0.2) is 0 Å². The normalized spacial score (nSPS) is 10.8. The highest BCUT2D eigenvalue weighted by Gasteiger charge is 2.12. The fraction of sp³-hybridized carbons (Fsp3) is 0.692. The van der Waals surface area contributed by atoms with Gasteiger partial charge in [0.25, 0.3) is 0 Å². The molecular formula is C13H23BrN4O. The quantitative estimate of drug-likeness (QED) is 0.794. The number of likely N-dealkylation sites (N-methyl/N-ethyl adjacent to an activating group) is 1. The fourth-order valence-corrected chi connectivity index (χ4v) is 2.17. The molecule has 0 radical (unpaired) electrons. The highest BCUT2D eigenvalue weighted by molar-refractivity contribution is 9.10. The molecule has 0 unspecified atom stereocenters. The number of aromatic nitrogens is 2. The zero-order valence-electron chi connectivity index (χ0n) is 12.1. The second kappa shape index (κ2) is 8.32. The molecule has 0 aliphatic heterocycles. The van der Waals surface area contributed by atoms with Gasteiger partial charge in [0.1, 0.15) is 22.4 Å². The Kier molecular flexibility index (Phi) is 7.09. The zero-order valence-corrected chi connectivity index (χ0v) is 13.7. The molecule has 1 N–H and O–H groups in total. The Morgan fingerprint density at radius 3 is 2.79 bits per heavy atom. The molecule has 0 aromatic carbocycles. The fourth-order valence-electron chi connectivity index (χ4n) is 1.52. The van der Waals surface area contributed by atoms with E-state index in [1.54, 1.807) is 6.33 Å². The van der Waals surface area contributed by atoms with E-state index in [4.69, 9.17) is 4.74 Å². The summed E-state index contributed by atoms with van der Waals surface area (Å²) in [7, 11) is 2.00. The average molecular weight is 331 g/mol. The van der Waals surface area contributed by atoms with E-state index in [-0.39, 0.29) is 6.10 Å². The van der Waals surface area contributed by atoms with Gasteiger partial charge in [-0.1, -0.05) is 6.92 Å². The number of anilines is 2. The molecule has 0 aliphatic rings. The van der Waals surface area contributed by atoms with Crippen LogP contribution in [0.5, 0.6) is 0 Å². The standard InChI is InChI=1S/C13H23BrN4O/c1-5-6-15-12-11(14)13(17-9-16-12)18(4)7-8-19-10(2)3/h9-10H,5-8H2,1-4H3,(H,15,16,17). The smallest absolute Gasteiger partial charge is 0.148 e. The first-order chi connectivity index (χ1) is 9.06. The molecule has 0 spiro atoms. The molecule has 1 aromatic heterocycles. The Hall–Kier alpha value is -0.880. The number of nitrogens with one attached hydrogen (secondary N) is 1. The van der Waals surface area contributed by atoms with Gasteiger partial charge in [-0.05, 0) is 36.2 Å². The molecule has 1 heterocycles. The summed E-state index contributed by atoms with van der Waals surface area (Å²) in [6.45, 7) is 8.57. The Balaban J connectivity index is 2.65. The SMILES string of the molecule is CCCNc1ncnc(N(C)CCOC(C)C)c1Br. The van der Waals surface area contributed by atoms with E-state index in [1.807, 2.05) is 20.9 Å². The van der Waals surface area contributed by atoms with Gasteiger partial charge in [0.2, 0.25) is 0 Å². The van der Waals surface area contributed by atoms with Crippen LogP contribution in [0.25, 0.3) is 0 Å². The van der Waals surface area contributed by atoms with Crippen molar-refractivity contribution in [3.8, 4) is 0 Å². The van der Waals surface area contributed by atoms with Crippen molar-refractivity contribution in [3.63, 3.8) is 0 Å². The highest BCUT2D eigenvalue weighted by atomic mass is 79.9. The Morgan fingerprint density at radius 1 is 1.42 bits per heavy atom. The first kappa shape index (κ1) is 16.2. The van der Waals surface area contributed by atoms with Crippen molar-refractivity contribution >= 4 is 27.6 Å². The Bertz CT molecular complexity index is 387. The third-order valence-electron chi connectivity index (χ3n) is 2.55. The second-order valence-corrected chi connectivity index (χ2v) is 5.42. The lowest BCUT2D eigenvalue weighted by atomic mass is 10.4. The van der Waals surface area contributed by atoms with E-state index in [0.717, 1.165) is 35.6 Å². The summed E-state index contributed by atoms with van der Waals surface area (Å²) in [4.78, 5) is 10.6.